The number of anilines is 1. The van der Waals surface area contributed by atoms with Crippen molar-refractivity contribution in [3.8, 4) is 0 Å². The zero-order valence-corrected chi connectivity index (χ0v) is 11.0. The summed E-state index contributed by atoms with van der Waals surface area (Å²) < 4.78 is 0. The van der Waals surface area contributed by atoms with Crippen LogP contribution in [0.25, 0.3) is 0 Å². The molecule has 0 fully saturated rings. The lowest BCUT2D eigenvalue weighted by Crippen LogP contribution is -2.46. The van der Waals surface area contributed by atoms with Crippen LogP contribution < -0.4 is 5.32 Å². The number of amides is 2. The van der Waals surface area contributed by atoms with Gasteiger partial charge >= 0.3 is 11.9 Å². The zero-order valence-electron chi connectivity index (χ0n) is 11.0. The fourth-order valence-corrected chi connectivity index (χ4v) is 2.25. The first kappa shape index (κ1) is 14.5. The number of carboxylic acid groups (broad SMARTS) is 2. The van der Waals surface area contributed by atoms with Gasteiger partial charge in [0.25, 0.3) is 11.8 Å². The van der Waals surface area contributed by atoms with Crippen LogP contribution in [0.5, 0.6) is 0 Å². The quantitative estimate of drug-likeness (QED) is 0.664. The Morgan fingerprint density at radius 2 is 1.90 bits per heavy atom. The van der Waals surface area contributed by atoms with Crippen molar-refractivity contribution in [1.29, 1.82) is 0 Å². The number of hydrogen-bond acceptors (Lipinski definition) is 5. The summed E-state index contributed by atoms with van der Waals surface area (Å²) in [5.41, 5.74) is 0.498. The predicted molar refractivity (Wildman–Crippen MR) is 70.2 cm³/mol. The Bertz CT molecular complexity index is 654. The molecule has 8 nitrogen and oxygen atoms in total. The highest BCUT2D eigenvalue weighted by atomic mass is 16.4. The van der Waals surface area contributed by atoms with Crippen molar-refractivity contribution >= 4 is 29.4 Å². The number of hydrogen-bond donors (Lipinski definition) is 3. The molecule has 1 heterocycles. The van der Waals surface area contributed by atoms with Gasteiger partial charge in [-0.1, -0.05) is 6.07 Å². The minimum atomic E-state index is -1.74. The van der Waals surface area contributed by atoms with Gasteiger partial charge in [0, 0.05) is 12.7 Å². The fraction of sp³-hybridized carbons (Fsp3) is 0.231. The first-order valence-corrected chi connectivity index (χ1v) is 6.01. The number of benzene rings is 1. The second-order valence-electron chi connectivity index (χ2n) is 4.41. The van der Waals surface area contributed by atoms with E-state index >= 15 is 0 Å². The summed E-state index contributed by atoms with van der Waals surface area (Å²) in [6.45, 7) is 0. The van der Waals surface area contributed by atoms with E-state index in [1.165, 1.54) is 6.07 Å². The molecule has 2 rings (SSSR count). The zero-order chi connectivity index (χ0) is 15.7. The molecule has 2 amide bonds. The van der Waals surface area contributed by atoms with Crippen molar-refractivity contribution in [3.63, 3.8) is 0 Å². The van der Waals surface area contributed by atoms with Crippen LogP contribution in [0.2, 0.25) is 0 Å². The summed E-state index contributed by atoms with van der Waals surface area (Å²) in [5.74, 6) is -4.57. The molecule has 110 valence electrons. The van der Waals surface area contributed by atoms with Crippen LogP contribution in [0, 0.1) is 0 Å². The highest BCUT2D eigenvalue weighted by Crippen LogP contribution is 2.31. The van der Waals surface area contributed by atoms with E-state index in [1.54, 1.807) is 19.2 Å². The van der Waals surface area contributed by atoms with E-state index in [4.69, 9.17) is 10.2 Å². The Kier molecular flexibility index (Phi) is 3.62. The van der Waals surface area contributed by atoms with E-state index in [0.29, 0.717) is 10.6 Å². The molecule has 1 aliphatic heterocycles. The van der Waals surface area contributed by atoms with Gasteiger partial charge < -0.3 is 15.5 Å². The minimum Gasteiger partial charge on any atom is -0.481 e. The summed E-state index contributed by atoms with van der Waals surface area (Å²) >= 11 is 0. The minimum absolute atomic E-state index is 0.0571. The first-order chi connectivity index (χ1) is 9.88. The summed E-state index contributed by atoms with van der Waals surface area (Å²) in [4.78, 5) is 47.0. The van der Waals surface area contributed by atoms with Crippen LogP contribution in [0.4, 0.5) is 5.69 Å². The normalized spacial score (nSPS) is 14.8. The second kappa shape index (κ2) is 5.23. The molecule has 1 aromatic carbocycles. The van der Waals surface area contributed by atoms with Crippen LogP contribution in [0.15, 0.2) is 18.2 Å². The van der Waals surface area contributed by atoms with Gasteiger partial charge in [-0.25, -0.2) is 4.79 Å². The molecule has 1 unspecified atom stereocenters. The lowest BCUT2D eigenvalue weighted by atomic mass is 10.1. The van der Waals surface area contributed by atoms with E-state index in [0.717, 1.165) is 0 Å². The topological polar surface area (TPSA) is 124 Å². The maximum atomic E-state index is 12.3. The number of imide groups is 1. The molecule has 0 radical (unpaired) electrons. The molecule has 21 heavy (non-hydrogen) atoms. The van der Waals surface area contributed by atoms with Crippen molar-refractivity contribution < 1.29 is 29.4 Å². The molecule has 0 bridgehead atoms. The van der Waals surface area contributed by atoms with Crippen molar-refractivity contribution in [2.45, 2.75) is 12.5 Å². The lowest BCUT2D eigenvalue weighted by Gasteiger charge is -2.20. The number of fused-ring (bicyclic) bond motifs is 1. The second-order valence-corrected chi connectivity index (χ2v) is 4.41. The summed E-state index contributed by atoms with van der Waals surface area (Å²) in [7, 11) is 1.56. The van der Waals surface area contributed by atoms with Gasteiger partial charge in [-0.05, 0) is 12.1 Å². The predicted octanol–water partition coefficient (Wildman–Crippen LogP) is 0.252. The molecule has 1 atom stereocenters. The third-order valence-corrected chi connectivity index (χ3v) is 3.18. The molecular formula is C13H12N2O6. The van der Waals surface area contributed by atoms with Crippen LogP contribution >= 0.6 is 0 Å². The number of nitrogens with one attached hydrogen (secondary N) is 1. The average molecular weight is 292 g/mol. The highest BCUT2D eigenvalue weighted by molar-refractivity contribution is 6.25. The molecule has 0 saturated heterocycles. The third-order valence-electron chi connectivity index (χ3n) is 3.18. The maximum Gasteiger partial charge on any atom is 0.327 e. The molecule has 0 saturated carbocycles. The van der Waals surface area contributed by atoms with Crippen LogP contribution in [-0.4, -0.2) is 52.0 Å². The average Bonchev–Trinajstić information content (AvgIpc) is 2.68. The van der Waals surface area contributed by atoms with E-state index in [-0.39, 0.29) is 11.1 Å². The summed E-state index contributed by atoms with van der Waals surface area (Å²) in [6.07, 6.45) is -0.851. The Morgan fingerprint density at radius 1 is 1.24 bits per heavy atom. The smallest absolute Gasteiger partial charge is 0.327 e. The summed E-state index contributed by atoms with van der Waals surface area (Å²) in [5, 5.41) is 20.6. The molecule has 1 aliphatic rings. The van der Waals surface area contributed by atoms with Gasteiger partial charge in [-0.15, -0.1) is 0 Å². The van der Waals surface area contributed by atoms with E-state index in [2.05, 4.69) is 5.32 Å². The Hall–Kier alpha value is -2.90. The Labute approximate surface area is 119 Å². The Balaban J connectivity index is 2.49. The lowest BCUT2D eigenvalue weighted by molar-refractivity contribution is -0.147. The standard InChI is InChI=1S/C13H12N2O6/c1-14-7-4-2-3-6-10(7)12(19)15(11(6)18)8(13(20)21)5-9(16)17/h2-4,8,14H,5H2,1H3,(H,16,17)(H,20,21). The fourth-order valence-electron chi connectivity index (χ4n) is 2.25. The number of nitrogens with zero attached hydrogens (tertiary/aromatic N) is 1. The van der Waals surface area contributed by atoms with Gasteiger partial charge in [0.1, 0.15) is 6.04 Å². The molecule has 0 aliphatic carbocycles. The number of carbonyl (C=O) groups excluding carboxylic acids is 2. The van der Waals surface area contributed by atoms with Crippen LogP contribution in [-0.2, 0) is 9.59 Å². The molecular weight excluding hydrogens is 280 g/mol. The van der Waals surface area contributed by atoms with Gasteiger partial charge in [0.15, 0.2) is 0 Å². The number of aliphatic carboxylic acids is 2. The molecule has 8 heteroatoms. The Morgan fingerprint density at radius 3 is 2.43 bits per heavy atom. The molecule has 1 aromatic rings. The van der Waals surface area contributed by atoms with E-state index < -0.39 is 36.2 Å². The number of carboxylic acids is 2. The molecule has 0 aromatic heterocycles. The van der Waals surface area contributed by atoms with Crippen molar-refractivity contribution in [2.75, 3.05) is 12.4 Å². The van der Waals surface area contributed by atoms with Gasteiger partial charge in [0.2, 0.25) is 0 Å². The first-order valence-electron chi connectivity index (χ1n) is 6.01. The monoisotopic (exact) mass is 292 g/mol. The van der Waals surface area contributed by atoms with Crippen LogP contribution in [0.3, 0.4) is 0 Å². The van der Waals surface area contributed by atoms with Gasteiger partial charge in [-0.3, -0.25) is 19.3 Å². The largest absolute Gasteiger partial charge is 0.481 e. The van der Waals surface area contributed by atoms with E-state index in [1.807, 2.05) is 0 Å². The molecule has 3 N–H and O–H groups in total. The van der Waals surface area contributed by atoms with Gasteiger partial charge in [0.05, 0.1) is 17.5 Å². The molecule has 0 spiro atoms. The SMILES string of the molecule is CNc1cccc2c1C(=O)N(C(CC(=O)O)C(=O)O)C2=O. The number of carbonyl (C=O) groups is 4. The van der Waals surface area contributed by atoms with E-state index in [9.17, 15) is 19.2 Å². The maximum absolute atomic E-state index is 12.3. The van der Waals surface area contributed by atoms with Gasteiger partial charge in [-0.2, -0.15) is 0 Å². The van der Waals surface area contributed by atoms with Crippen molar-refractivity contribution in [3.05, 3.63) is 29.3 Å². The highest BCUT2D eigenvalue weighted by Gasteiger charge is 2.44. The van der Waals surface area contributed by atoms with Crippen molar-refractivity contribution in [1.82, 2.24) is 4.90 Å². The van der Waals surface area contributed by atoms with Crippen molar-refractivity contribution in [2.24, 2.45) is 0 Å². The van der Waals surface area contributed by atoms with Crippen LogP contribution in [0.1, 0.15) is 27.1 Å². The third kappa shape index (κ3) is 2.31. The summed E-state index contributed by atoms with van der Waals surface area (Å²) in [6, 6.07) is 2.78. The number of rotatable bonds is 5.